The zero-order valence-electron chi connectivity index (χ0n) is 12.6. The summed E-state index contributed by atoms with van der Waals surface area (Å²) in [5, 5.41) is 22.3. The van der Waals surface area contributed by atoms with Gasteiger partial charge in [-0.25, -0.2) is 0 Å². The minimum Gasteiger partial charge on any atom is -0.508 e. The molecule has 1 aromatic carbocycles. The lowest BCUT2D eigenvalue weighted by Crippen LogP contribution is -2.19. The monoisotopic (exact) mass is 279 g/mol. The molecule has 0 saturated heterocycles. The number of rotatable bonds is 11. The lowest BCUT2D eigenvalue weighted by molar-refractivity contribution is 0.173. The zero-order valence-corrected chi connectivity index (χ0v) is 12.6. The van der Waals surface area contributed by atoms with Crippen LogP contribution in [-0.2, 0) is 0 Å². The predicted molar refractivity (Wildman–Crippen MR) is 85.2 cm³/mol. The molecule has 0 aromatic heterocycles. The highest BCUT2D eigenvalue weighted by Gasteiger charge is 2.03. The van der Waals surface area contributed by atoms with Gasteiger partial charge in [0, 0.05) is 12.2 Å². The van der Waals surface area contributed by atoms with Crippen molar-refractivity contribution < 1.29 is 10.2 Å². The molecule has 0 aliphatic heterocycles. The van der Waals surface area contributed by atoms with Crippen molar-refractivity contribution in [3.8, 4) is 5.75 Å². The Morgan fingerprint density at radius 3 is 2.20 bits per heavy atom. The van der Waals surface area contributed by atoms with E-state index < -0.39 is 0 Å². The van der Waals surface area contributed by atoms with Crippen molar-refractivity contribution in [1.29, 1.82) is 0 Å². The normalized spacial score (nSPS) is 12.3. The van der Waals surface area contributed by atoms with Crippen LogP contribution in [0.15, 0.2) is 24.3 Å². The van der Waals surface area contributed by atoms with Crippen molar-refractivity contribution in [2.45, 2.75) is 64.4 Å². The first-order chi connectivity index (χ1) is 9.72. The summed E-state index contributed by atoms with van der Waals surface area (Å²) in [7, 11) is 0. The highest BCUT2D eigenvalue weighted by atomic mass is 16.3. The minimum atomic E-state index is -0.292. The lowest BCUT2D eigenvalue weighted by Gasteiger charge is -2.12. The van der Waals surface area contributed by atoms with Crippen LogP contribution in [0, 0.1) is 0 Å². The number of anilines is 1. The summed E-state index contributed by atoms with van der Waals surface area (Å²) in [6.07, 6.45) is 9.50. The molecule has 0 bridgehead atoms. The summed E-state index contributed by atoms with van der Waals surface area (Å²) in [6, 6.07) is 6.92. The van der Waals surface area contributed by atoms with Crippen LogP contribution in [0.2, 0.25) is 0 Å². The standard InChI is InChI=1S/C17H29NO2/c1-2-3-4-5-6-7-8-9-17(20)14-18-15-10-12-16(19)13-11-15/h10-13,17-20H,2-9,14H2,1H3. The average Bonchev–Trinajstić information content (AvgIpc) is 2.46. The van der Waals surface area contributed by atoms with Crippen LogP contribution < -0.4 is 5.32 Å². The van der Waals surface area contributed by atoms with Gasteiger partial charge in [-0.05, 0) is 30.7 Å². The van der Waals surface area contributed by atoms with E-state index in [1.165, 1.54) is 38.5 Å². The molecule has 1 aromatic rings. The summed E-state index contributed by atoms with van der Waals surface area (Å²) in [6.45, 7) is 2.80. The van der Waals surface area contributed by atoms with Gasteiger partial charge in [-0.1, -0.05) is 51.9 Å². The third kappa shape index (κ3) is 8.05. The Hall–Kier alpha value is -1.22. The van der Waals surface area contributed by atoms with Crippen molar-refractivity contribution >= 4 is 5.69 Å². The van der Waals surface area contributed by atoms with Crippen molar-refractivity contribution in [1.82, 2.24) is 0 Å². The van der Waals surface area contributed by atoms with Crippen LogP contribution in [0.5, 0.6) is 5.75 Å². The molecule has 0 fully saturated rings. The molecule has 0 heterocycles. The number of aromatic hydroxyl groups is 1. The molecule has 0 amide bonds. The molecule has 1 rings (SSSR count). The van der Waals surface area contributed by atoms with Gasteiger partial charge in [-0.2, -0.15) is 0 Å². The Morgan fingerprint density at radius 1 is 0.950 bits per heavy atom. The number of phenolic OH excluding ortho intramolecular Hbond substituents is 1. The first-order valence-corrected chi connectivity index (χ1v) is 7.93. The molecular weight excluding hydrogens is 250 g/mol. The molecule has 0 aliphatic carbocycles. The fraction of sp³-hybridized carbons (Fsp3) is 0.647. The van der Waals surface area contributed by atoms with Crippen molar-refractivity contribution in [2.24, 2.45) is 0 Å². The molecule has 0 spiro atoms. The molecule has 3 heteroatoms. The largest absolute Gasteiger partial charge is 0.508 e. The van der Waals surface area contributed by atoms with Crippen molar-refractivity contribution in [3.05, 3.63) is 24.3 Å². The molecule has 0 aliphatic rings. The maximum absolute atomic E-state index is 9.89. The van der Waals surface area contributed by atoms with E-state index in [0.29, 0.717) is 6.54 Å². The second-order valence-electron chi connectivity index (χ2n) is 5.49. The molecule has 1 atom stereocenters. The van der Waals surface area contributed by atoms with Crippen LogP contribution >= 0.6 is 0 Å². The fourth-order valence-corrected chi connectivity index (χ4v) is 2.25. The van der Waals surface area contributed by atoms with Gasteiger partial charge < -0.3 is 15.5 Å². The van der Waals surface area contributed by atoms with E-state index in [1.54, 1.807) is 12.1 Å². The summed E-state index contributed by atoms with van der Waals surface area (Å²) >= 11 is 0. The first kappa shape index (κ1) is 16.8. The third-order valence-corrected chi connectivity index (χ3v) is 3.55. The number of hydrogen-bond donors (Lipinski definition) is 3. The third-order valence-electron chi connectivity index (χ3n) is 3.55. The first-order valence-electron chi connectivity index (χ1n) is 7.93. The number of aliphatic hydroxyl groups excluding tert-OH is 1. The van der Waals surface area contributed by atoms with Gasteiger partial charge in [0.15, 0.2) is 0 Å². The van der Waals surface area contributed by atoms with E-state index >= 15 is 0 Å². The maximum atomic E-state index is 9.89. The van der Waals surface area contributed by atoms with Gasteiger partial charge in [-0.3, -0.25) is 0 Å². The number of benzene rings is 1. The van der Waals surface area contributed by atoms with Gasteiger partial charge in [0.1, 0.15) is 5.75 Å². The quantitative estimate of drug-likeness (QED) is 0.418. The molecule has 114 valence electrons. The summed E-state index contributed by atoms with van der Waals surface area (Å²) < 4.78 is 0. The van der Waals surface area contributed by atoms with Gasteiger partial charge in [0.2, 0.25) is 0 Å². The molecule has 3 nitrogen and oxygen atoms in total. The number of nitrogens with one attached hydrogen (secondary N) is 1. The second kappa shape index (κ2) is 10.6. The summed E-state index contributed by atoms with van der Waals surface area (Å²) in [5.41, 5.74) is 0.932. The topological polar surface area (TPSA) is 52.5 Å². The van der Waals surface area contributed by atoms with Gasteiger partial charge >= 0.3 is 0 Å². The van der Waals surface area contributed by atoms with Crippen molar-refractivity contribution in [3.63, 3.8) is 0 Å². The molecule has 0 radical (unpaired) electrons. The average molecular weight is 279 g/mol. The highest BCUT2D eigenvalue weighted by molar-refractivity contribution is 5.45. The van der Waals surface area contributed by atoms with Crippen LogP contribution in [0.1, 0.15) is 58.3 Å². The lowest BCUT2D eigenvalue weighted by atomic mass is 10.1. The van der Waals surface area contributed by atoms with Crippen molar-refractivity contribution in [2.75, 3.05) is 11.9 Å². The fourth-order valence-electron chi connectivity index (χ4n) is 2.25. The number of unbranched alkanes of at least 4 members (excludes halogenated alkanes) is 6. The van der Waals surface area contributed by atoms with E-state index in [1.807, 2.05) is 12.1 Å². The van der Waals surface area contributed by atoms with Crippen LogP contribution in [0.25, 0.3) is 0 Å². The maximum Gasteiger partial charge on any atom is 0.115 e. The van der Waals surface area contributed by atoms with Gasteiger partial charge in [0.05, 0.1) is 6.10 Å². The minimum absolute atomic E-state index is 0.263. The van der Waals surface area contributed by atoms with Gasteiger partial charge in [0.25, 0.3) is 0 Å². The van der Waals surface area contributed by atoms with E-state index in [9.17, 15) is 10.2 Å². The van der Waals surface area contributed by atoms with E-state index in [-0.39, 0.29) is 11.9 Å². The molecule has 1 unspecified atom stereocenters. The Kier molecular flexibility index (Phi) is 8.88. The summed E-state index contributed by atoms with van der Waals surface area (Å²) in [5.74, 6) is 0.263. The Bertz CT molecular complexity index is 337. The Labute approximate surface area is 123 Å². The van der Waals surface area contributed by atoms with Crippen LogP contribution in [0.3, 0.4) is 0 Å². The van der Waals surface area contributed by atoms with E-state index in [2.05, 4.69) is 12.2 Å². The van der Waals surface area contributed by atoms with E-state index in [0.717, 1.165) is 18.5 Å². The molecule has 20 heavy (non-hydrogen) atoms. The number of hydrogen-bond acceptors (Lipinski definition) is 3. The van der Waals surface area contributed by atoms with E-state index in [4.69, 9.17) is 0 Å². The SMILES string of the molecule is CCCCCCCCCC(O)CNc1ccc(O)cc1. The molecular formula is C17H29NO2. The van der Waals surface area contributed by atoms with Crippen LogP contribution in [0.4, 0.5) is 5.69 Å². The summed E-state index contributed by atoms with van der Waals surface area (Å²) in [4.78, 5) is 0. The predicted octanol–water partition coefficient (Wildman–Crippen LogP) is 4.31. The Morgan fingerprint density at radius 2 is 1.55 bits per heavy atom. The zero-order chi connectivity index (χ0) is 14.6. The highest BCUT2D eigenvalue weighted by Crippen LogP contribution is 2.14. The number of phenols is 1. The Balaban J connectivity index is 2.00. The van der Waals surface area contributed by atoms with Gasteiger partial charge in [-0.15, -0.1) is 0 Å². The molecule has 3 N–H and O–H groups in total. The smallest absolute Gasteiger partial charge is 0.115 e. The van der Waals surface area contributed by atoms with Crippen LogP contribution in [-0.4, -0.2) is 22.9 Å². The second-order valence-corrected chi connectivity index (χ2v) is 5.49. The number of aliphatic hydroxyl groups is 1. The molecule has 0 saturated carbocycles.